The molecule has 0 aliphatic carbocycles. The van der Waals surface area contributed by atoms with Crippen molar-refractivity contribution in [3.05, 3.63) is 24.3 Å². The molecule has 0 saturated heterocycles. The molecule has 8 nitrogen and oxygen atoms in total. The summed E-state index contributed by atoms with van der Waals surface area (Å²) < 4.78 is 23.3. The van der Waals surface area contributed by atoms with E-state index >= 15 is 0 Å². The third-order valence-corrected chi connectivity index (χ3v) is 8.40. The van der Waals surface area contributed by atoms with Gasteiger partial charge in [0.2, 0.25) is 5.91 Å². The topological polar surface area (TPSA) is 105 Å². The van der Waals surface area contributed by atoms with Crippen LogP contribution < -0.4 is 5.32 Å². The Kier molecular flexibility index (Phi) is 26.7. The van der Waals surface area contributed by atoms with Gasteiger partial charge < -0.3 is 19.8 Å². The highest BCUT2D eigenvalue weighted by Crippen LogP contribution is 2.43. The molecule has 0 aliphatic rings. The number of quaternary nitrogens is 1. The molecule has 1 amide bonds. The number of carbonyl (C=O) groups excluding carboxylic acids is 1. The summed E-state index contributed by atoms with van der Waals surface area (Å²) in [5.41, 5.74) is 0. The van der Waals surface area contributed by atoms with Gasteiger partial charge in [0.25, 0.3) is 0 Å². The molecule has 0 saturated carbocycles. The van der Waals surface area contributed by atoms with Crippen LogP contribution in [0.5, 0.6) is 0 Å². The number of amides is 1. The molecular weight excluding hydrogens is 563 g/mol. The van der Waals surface area contributed by atoms with Crippen molar-refractivity contribution in [3.63, 3.8) is 0 Å². The number of allylic oxidation sites excluding steroid dienone is 3. The number of nitrogens with one attached hydrogen (secondary N) is 1. The van der Waals surface area contributed by atoms with E-state index < -0.39 is 20.0 Å². The standard InChI is InChI=1S/C34H67N2O6P/c1-6-8-10-12-14-16-17-18-20-21-23-25-27-33(37)32(31-42-43(39,40)41-30-29-36(3,4)5)35-34(38)28-26-24-22-19-15-13-11-9-7-2/h19,22,25,27,32-33,37H,6-18,20-21,23-24,26,28-31H2,1-5H3,(H-,35,38,39,40)/p+1/b22-19-,27-25+. The lowest BCUT2D eigenvalue weighted by Gasteiger charge is -2.25. The minimum Gasteiger partial charge on any atom is -0.387 e. The largest absolute Gasteiger partial charge is 0.472 e. The number of phosphoric ester groups is 1. The number of aliphatic hydroxyl groups is 1. The lowest BCUT2D eigenvalue weighted by molar-refractivity contribution is -0.870. The molecule has 3 unspecified atom stereocenters. The van der Waals surface area contributed by atoms with Crippen molar-refractivity contribution in [2.75, 3.05) is 40.9 Å². The van der Waals surface area contributed by atoms with Crippen molar-refractivity contribution in [2.45, 2.75) is 148 Å². The molecule has 9 heteroatoms. The summed E-state index contributed by atoms with van der Waals surface area (Å²) in [6, 6.07) is -0.854. The first kappa shape index (κ1) is 42.0. The molecule has 0 spiro atoms. The third kappa shape index (κ3) is 29.5. The van der Waals surface area contributed by atoms with Crippen LogP contribution >= 0.6 is 7.82 Å². The third-order valence-electron chi connectivity index (χ3n) is 7.42. The maximum Gasteiger partial charge on any atom is 0.472 e. The number of nitrogens with zero attached hydrogens (tertiary/aromatic N) is 1. The van der Waals surface area contributed by atoms with E-state index in [1.54, 1.807) is 6.08 Å². The van der Waals surface area contributed by atoms with Crippen molar-refractivity contribution in [3.8, 4) is 0 Å². The van der Waals surface area contributed by atoms with E-state index in [0.29, 0.717) is 23.9 Å². The number of hydrogen-bond acceptors (Lipinski definition) is 5. The van der Waals surface area contributed by atoms with Crippen LogP contribution in [0.4, 0.5) is 0 Å². The van der Waals surface area contributed by atoms with E-state index in [-0.39, 0.29) is 19.1 Å². The zero-order valence-corrected chi connectivity index (χ0v) is 29.3. The lowest BCUT2D eigenvalue weighted by Crippen LogP contribution is -2.45. The fourth-order valence-electron chi connectivity index (χ4n) is 4.57. The highest BCUT2D eigenvalue weighted by molar-refractivity contribution is 7.47. The van der Waals surface area contributed by atoms with Gasteiger partial charge >= 0.3 is 7.82 Å². The molecule has 0 rings (SSSR count). The normalized spacial score (nSPS) is 15.2. The van der Waals surface area contributed by atoms with Crippen LogP contribution in [0, 0.1) is 0 Å². The van der Waals surface area contributed by atoms with E-state index in [4.69, 9.17) is 9.05 Å². The smallest absolute Gasteiger partial charge is 0.387 e. The van der Waals surface area contributed by atoms with E-state index in [0.717, 1.165) is 32.1 Å². The Bertz CT molecular complexity index is 768. The summed E-state index contributed by atoms with van der Waals surface area (Å²) in [7, 11) is 1.55. The van der Waals surface area contributed by atoms with Crippen molar-refractivity contribution >= 4 is 13.7 Å². The molecule has 0 fully saturated rings. The second-order valence-corrected chi connectivity index (χ2v) is 14.3. The molecule has 0 aliphatic heterocycles. The van der Waals surface area contributed by atoms with Gasteiger partial charge in [0, 0.05) is 6.42 Å². The minimum absolute atomic E-state index is 0.0573. The highest BCUT2D eigenvalue weighted by Gasteiger charge is 2.27. The number of aliphatic hydroxyl groups excluding tert-OH is 1. The second kappa shape index (κ2) is 27.3. The van der Waals surface area contributed by atoms with Gasteiger partial charge in [-0.05, 0) is 38.5 Å². The van der Waals surface area contributed by atoms with Gasteiger partial charge in [0.05, 0.1) is 39.9 Å². The van der Waals surface area contributed by atoms with E-state index in [1.807, 2.05) is 27.2 Å². The monoisotopic (exact) mass is 631 g/mol. The maximum absolute atomic E-state index is 12.7. The molecule has 3 N–H and O–H groups in total. The molecule has 0 radical (unpaired) electrons. The van der Waals surface area contributed by atoms with Gasteiger partial charge in [-0.2, -0.15) is 0 Å². The van der Waals surface area contributed by atoms with Crippen LogP contribution in [-0.4, -0.2) is 73.4 Å². The summed E-state index contributed by atoms with van der Waals surface area (Å²) >= 11 is 0. The molecule has 43 heavy (non-hydrogen) atoms. The fourth-order valence-corrected chi connectivity index (χ4v) is 5.31. The lowest BCUT2D eigenvalue weighted by atomic mass is 10.1. The summed E-state index contributed by atoms with van der Waals surface area (Å²) in [6.07, 6.45) is 28.2. The Morgan fingerprint density at radius 1 is 0.767 bits per heavy atom. The van der Waals surface area contributed by atoms with Crippen LogP contribution in [0.2, 0.25) is 0 Å². The van der Waals surface area contributed by atoms with E-state index in [2.05, 4.69) is 31.3 Å². The number of phosphoric acid groups is 1. The van der Waals surface area contributed by atoms with Crippen LogP contribution in [0.25, 0.3) is 0 Å². The van der Waals surface area contributed by atoms with Gasteiger partial charge in [-0.1, -0.05) is 115 Å². The molecule has 254 valence electrons. The number of carbonyl (C=O) groups is 1. The first-order valence-electron chi connectivity index (χ1n) is 17.2. The second-order valence-electron chi connectivity index (χ2n) is 12.9. The number of likely N-dealkylation sites (N-methyl/N-ethyl adjacent to an activating group) is 1. The summed E-state index contributed by atoms with van der Waals surface area (Å²) in [5.74, 6) is -0.217. The summed E-state index contributed by atoms with van der Waals surface area (Å²) in [4.78, 5) is 22.8. The molecule has 0 aromatic carbocycles. The first-order valence-corrected chi connectivity index (χ1v) is 18.7. The Labute approximate surface area is 264 Å². The number of unbranched alkanes of at least 4 members (excludes halogenated alkanes) is 15. The van der Waals surface area contributed by atoms with Crippen LogP contribution in [0.3, 0.4) is 0 Å². The van der Waals surface area contributed by atoms with Gasteiger partial charge in [-0.25, -0.2) is 4.57 Å². The summed E-state index contributed by atoms with van der Waals surface area (Å²) in [5, 5.41) is 13.6. The van der Waals surface area contributed by atoms with Crippen molar-refractivity contribution < 1.29 is 32.9 Å². The van der Waals surface area contributed by atoms with Crippen LogP contribution in [0.15, 0.2) is 24.3 Å². The van der Waals surface area contributed by atoms with Crippen LogP contribution in [-0.2, 0) is 18.4 Å². The molecular formula is C34H68N2O6P+. The SMILES string of the molecule is CCCCCC/C=C\CCCC(=O)NC(COP(=O)(O)OCC[N+](C)(C)C)C(O)/C=C/CCCCCCCCCCCC. The van der Waals surface area contributed by atoms with E-state index in [1.165, 1.54) is 77.0 Å². The minimum atomic E-state index is -4.32. The molecule has 0 aromatic heterocycles. The van der Waals surface area contributed by atoms with Crippen LogP contribution in [0.1, 0.15) is 136 Å². The fraction of sp³-hybridized carbons (Fsp3) is 0.853. The predicted octanol–water partition coefficient (Wildman–Crippen LogP) is 8.24. The highest BCUT2D eigenvalue weighted by atomic mass is 31.2. The van der Waals surface area contributed by atoms with Gasteiger partial charge in [0.15, 0.2) is 0 Å². The number of rotatable bonds is 30. The van der Waals surface area contributed by atoms with Gasteiger partial charge in [0.1, 0.15) is 13.2 Å². The quantitative estimate of drug-likeness (QED) is 0.0319. The number of hydrogen-bond donors (Lipinski definition) is 3. The molecule has 0 aromatic rings. The Hall–Kier alpha value is -1.02. The van der Waals surface area contributed by atoms with Crippen molar-refractivity contribution in [1.82, 2.24) is 5.32 Å². The predicted molar refractivity (Wildman–Crippen MR) is 180 cm³/mol. The Morgan fingerprint density at radius 3 is 1.81 bits per heavy atom. The molecule has 0 heterocycles. The maximum atomic E-state index is 12.7. The van der Waals surface area contributed by atoms with E-state index in [9.17, 15) is 19.4 Å². The zero-order chi connectivity index (χ0) is 32.2. The first-order chi connectivity index (χ1) is 20.5. The Morgan fingerprint density at radius 2 is 1.26 bits per heavy atom. The Balaban J connectivity index is 4.67. The average molecular weight is 632 g/mol. The van der Waals surface area contributed by atoms with Gasteiger partial charge in [-0.3, -0.25) is 13.8 Å². The zero-order valence-electron chi connectivity index (χ0n) is 28.4. The molecule has 0 bridgehead atoms. The summed E-state index contributed by atoms with van der Waals surface area (Å²) in [6.45, 7) is 4.71. The van der Waals surface area contributed by atoms with Gasteiger partial charge in [-0.15, -0.1) is 0 Å². The average Bonchev–Trinajstić information content (AvgIpc) is 2.94. The van der Waals surface area contributed by atoms with Crippen molar-refractivity contribution in [1.29, 1.82) is 0 Å². The van der Waals surface area contributed by atoms with Crippen molar-refractivity contribution in [2.24, 2.45) is 0 Å². The molecule has 3 atom stereocenters.